The van der Waals surface area contributed by atoms with Gasteiger partial charge in [-0.15, -0.1) is 0 Å². The average Bonchev–Trinajstić information content (AvgIpc) is 3.18. The Morgan fingerprint density at radius 2 is 1.61 bits per heavy atom. The van der Waals surface area contributed by atoms with E-state index < -0.39 is 0 Å². The lowest BCUT2D eigenvalue weighted by atomic mass is 9.62. The lowest BCUT2D eigenvalue weighted by Gasteiger charge is -2.42. The highest BCUT2D eigenvalue weighted by atomic mass is 15.1. The van der Waals surface area contributed by atoms with E-state index in [2.05, 4.69) is 106 Å². The quantitative estimate of drug-likeness (QED) is 0.231. The Kier molecular flexibility index (Phi) is 4.47. The first kappa shape index (κ1) is 22.8. The maximum atomic E-state index is 2.85. The molecule has 2 unspecified atom stereocenters. The van der Waals surface area contributed by atoms with Crippen molar-refractivity contribution in [1.82, 2.24) is 0 Å². The van der Waals surface area contributed by atoms with Gasteiger partial charge in [0.05, 0.1) is 11.5 Å². The van der Waals surface area contributed by atoms with E-state index in [4.69, 9.17) is 0 Å². The summed E-state index contributed by atoms with van der Waals surface area (Å²) in [7, 11) is 0. The predicted molar refractivity (Wildman–Crippen MR) is 159 cm³/mol. The van der Waals surface area contributed by atoms with E-state index in [0.717, 1.165) is 0 Å². The van der Waals surface area contributed by atoms with Crippen LogP contribution in [0.4, 0.5) is 0 Å². The van der Waals surface area contributed by atoms with Crippen molar-refractivity contribution in [2.75, 3.05) is 0 Å². The molecule has 1 nitrogen and oxygen atoms in total. The number of fused-ring (bicyclic) bond motifs is 4. The molecule has 2 heterocycles. The molecule has 1 aliphatic heterocycles. The topological polar surface area (TPSA) is 3.88 Å². The minimum absolute atomic E-state index is 0.0666. The molecule has 1 spiro atoms. The van der Waals surface area contributed by atoms with E-state index in [-0.39, 0.29) is 11.0 Å². The van der Waals surface area contributed by atoms with Gasteiger partial charge >= 0.3 is 0 Å². The molecule has 2 atom stereocenters. The van der Waals surface area contributed by atoms with Crippen LogP contribution in [0.25, 0.3) is 32.9 Å². The third-order valence-electron chi connectivity index (χ3n) is 10.7. The number of nitrogens with zero attached hydrogens (tertiary/aromatic N) is 1. The van der Waals surface area contributed by atoms with Gasteiger partial charge in [0.25, 0.3) is 0 Å². The molecule has 1 aromatic heterocycles. The Morgan fingerprint density at radius 1 is 0.816 bits per heavy atom. The molecular weight excluding hydrogens is 458 g/mol. The van der Waals surface area contributed by atoms with Gasteiger partial charge in [0, 0.05) is 33.4 Å². The fourth-order valence-corrected chi connectivity index (χ4v) is 9.28. The Morgan fingerprint density at radius 3 is 2.42 bits per heavy atom. The van der Waals surface area contributed by atoms with Crippen LogP contribution in [0.3, 0.4) is 0 Å². The molecular formula is C37H38N+. The number of aryl methyl sites for hydroxylation is 1. The normalized spacial score (nSPS) is 25.2. The number of hydrogen-bond acceptors (Lipinski definition) is 0. The van der Waals surface area contributed by atoms with Crippen LogP contribution in [0.1, 0.15) is 82.1 Å². The van der Waals surface area contributed by atoms with Gasteiger partial charge in [0.1, 0.15) is 0 Å². The van der Waals surface area contributed by atoms with Gasteiger partial charge in [0.15, 0.2) is 0 Å². The SMILES string of the molecule is CC1=CC2(c3ccc4cccc5c4c3-c3c(cc4c(C)cccc4[n+]32)C5(C)C)C(C2CCCCC2)C(C)=C1. The molecule has 0 saturated heterocycles. The Labute approximate surface area is 226 Å². The first-order valence-electron chi connectivity index (χ1n) is 14.8. The van der Waals surface area contributed by atoms with Gasteiger partial charge < -0.3 is 0 Å². The monoisotopic (exact) mass is 496 g/mol. The third-order valence-corrected chi connectivity index (χ3v) is 10.7. The van der Waals surface area contributed by atoms with Gasteiger partial charge in [-0.05, 0) is 73.8 Å². The summed E-state index contributed by atoms with van der Waals surface area (Å²) < 4.78 is 2.85. The summed E-state index contributed by atoms with van der Waals surface area (Å²) in [5.41, 5.74) is 13.0. The lowest BCUT2D eigenvalue weighted by molar-refractivity contribution is -0.711. The van der Waals surface area contributed by atoms with Crippen LogP contribution in [0.2, 0.25) is 0 Å². The number of rotatable bonds is 1. The minimum atomic E-state index is -0.195. The summed E-state index contributed by atoms with van der Waals surface area (Å²) in [5.74, 6) is 1.18. The number of allylic oxidation sites excluding steroid dienone is 4. The van der Waals surface area contributed by atoms with Crippen molar-refractivity contribution in [1.29, 1.82) is 0 Å². The minimum Gasteiger partial charge on any atom is -0.177 e. The molecule has 0 radical (unpaired) electrons. The summed E-state index contributed by atoms with van der Waals surface area (Å²) in [6.45, 7) is 12.0. The Balaban J connectivity index is 1.62. The summed E-state index contributed by atoms with van der Waals surface area (Å²) in [4.78, 5) is 0. The van der Waals surface area contributed by atoms with Crippen LogP contribution in [-0.4, -0.2) is 0 Å². The van der Waals surface area contributed by atoms with Crippen molar-refractivity contribution < 1.29 is 4.57 Å². The van der Waals surface area contributed by atoms with Gasteiger partial charge in [-0.1, -0.05) is 87.2 Å². The van der Waals surface area contributed by atoms with Crippen molar-refractivity contribution >= 4 is 21.7 Å². The van der Waals surface area contributed by atoms with Crippen LogP contribution in [0.15, 0.2) is 77.9 Å². The first-order valence-corrected chi connectivity index (χ1v) is 14.8. The molecule has 38 heavy (non-hydrogen) atoms. The number of benzene rings is 3. The second-order valence-electron chi connectivity index (χ2n) is 13.2. The summed E-state index contributed by atoms with van der Waals surface area (Å²) >= 11 is 0. The average molecular weight is 497 g/mol. The first-order chi connectivity index (χ1) is 18.3. The fourth-order valence-electron chi connectivity index (χ4n) is 9.28. The highest BCUT2D eigenvalue weighted by Crippen LogP contribution is 2.59. The maximum Gasteiger partial charge on any atom is 0.220 e. The van der Waals surface area contributed by atoms with E-state index in [1.807, 2.05) is 0 Å². The largest absolute Gasteiger partial charge is 0.220 e. The zero-order valence-electron chi connectivity index (χ0n) is 23.5. The van der Waals surface area contributed by atoms with Gasteiger partial charge in [-0.3, -0.25) is 0 Å². The highest BCUT2D eigenvalue weighted by Gasteiger charge is 2.62. The van der Waals surface area contributed by atoms with Crippen LogP contribution < -0.4 is 4.57 Å². The lowest BCUT2D eigenvalue weighted by Crippen LogP contribution is -2.61. The Bertz CT molecular complexity index is 1760. The molecule has 4 aliphatic rings. The van der Waals surface area contributed by atoms with E-state index in [9.17, 15) is 0 Å². The van der Waals surface area contributed by atoms with Crippen LogP contribution in [0, 0.1) is 18.8 Å². The molecule has 4 aromatic rings. The molecule has 3 aromatic carbocycles. The van der Waals surface area contributed by atoms with Crippen molar-refractivity contribution in [3.05, 3.63) is 100 Å². The Hall–Kier alpha value is -3.19. The fraction of sp³-hybridized carbons (Fsp3) is 0.378. The molecule has 190 valence electrons. The molecule has 8 rings (SSSR count). The zero-order chi connectivity index (χ0) is 26.0. The van der Waals surface area contributed by atoms with Crippen molar-refractivity contribution in [2.24, 2.45) is 11.8 Å². The maximum absolute atomic E-state index is 2.85. The number of pyridine rings is 1. The zero-order valence-corrected chi connectivity index (χ0v) is 23.5. The molecule has 0 N–H and O–H groups in total. The van der Waals surface area contributed by atoms with E-state index in [1.165, 1.54) is 92.9 Å². The van der Waals surface area contributed by atoms with E-state index >= 15 is 0 Å². The summed E-state index contributed by atoms with van der Waals surface area (Å²) in [6.07, 6.45) is 12.0. The van der Waals surface area contributed by atoms with Crippen LogP contribution in [-0.2, 0) is 11.0 Å². The second kappa shape index (κ2) is 7.47. The van der Waals surface area contributed by atoms with Crippen LogP contribution in [0.5, 0.6) is 0 Å². The van der Waals surface area contributed by atoms with Gasteiger partial charge in [-0.2, -0.15) is 4.57 Å². The predicted octanol–water partition coefficient (Wildman–Crippen LogP) is 9.05. The number of hydrogen-bond donors (Lipinski definition) is 0. The number of aromatic nitrogens is 1. The van der Waals surface area contributed by atoms with Crippen molar-refractivity contribution in [2.45, 2.75) is 77.7 Å². The van der Waals surface area contributed by atoms with Crippen molar-refractivity contribution in [3.63, 3.8) is 0 Å². The third kappa shape index (κ3) is 2.61. The molecule has 1 saturated carbocycles. The molecule has 3 aliphatic carbocycles. The smallest absolute Gasteiger partial charge is 0.177 e. The van der Waals surface area contributed by atoms with E-state index in [1.54, 1.807) is 5.57 Å². The second-order valence-corrected chi connectivity index (χ2v) is 13.2. The van der Waals surface area contributed by atoms with Crippen molar-refractivity contribution in [3.8, 4) is 11.3 Å². The summed E-state index contributed by atoms with van der Waals surface area (Å²) in [5, 5.41) is 4.27. The van der Waals surface area contributed by atoms with Crippen LogP contribution >= 0.6 is 0 Å². The molecule has 0 bridgehead atoms. The molecule has 1 heteroatoms. The summed E-state index contributed by atoms with van der Waals surface area (Å²) in [6, 6.07) is 21.4. The molecule has 0 amide bonds. The molecule has 1 fully saturated rings. The van der Waals surface area contributed by atoms with E-state index in [0.29, 0.717) is 11.8 Å². The highest BCUT2D eigenvalue weighted by molar-refractivity contribution is 6.05. The standard InChI is InChI=1S/C37H38N/c1-22-19-24(3)34(26-12-7-6-8-13-26)37(21-22)29-18-17-25-14-10-15-28-32(25)33(29)35-30(36(28,4)5)20-27-23(2)11-9-16-31(27)38(35)37/h9-11,14-21,26,34H,6-8,12-13H2,1-5H3/q+1. The van der Waals surface area contributed by atoms with Gasteiger partial charge in [-0.25, -0.2) is 0 Å². The van der Waals surface area contributed by atoms with Gasteiger partial charge in [0.2, 0.25) is 16.7 Å².